The molecule has 0 bridgehead atoms. The zero-order chi connectivity index (χ0) is 14.7. The highest BCUT2D eigenvalue weighted by Crippen LogP contribution is 2.24. The molecular formula is C16H25N3O. The first-order valence-corrected chi connectivity index (χ1v) is 7.47. The molecule has 1 aliphatic heterocycles. The molecule has 0 amide bonds. The van der Waals surface area contributed by atoms with Gasteiger partial charge in [0, 0.05) is 24.7 Å². The molecule has 0 aliphatic carbocycles. The van der Waals surface area contributed by atoms with E-state index in [1.54, 1.807) is 0 Å². The van der Waals surface area contributed by atoms with Crippen LogP contribution in [0.15, 0.2) is 18.5 Å². The summed E-state index contributed by atoms with van der Waals surface area (Å²) in [6.07, 6.45) is 4.50. The molecular weight excluding hydrogens is 250 g/mol. The van der Waals surface area contributed by atoms with Crippen molar-refractivity contribution in [3.8, 4) is 0 Å². The summed E-state index contributed by atoms with van der Waals surface area (Å²) in [6, 6.07) is 2.22. The van der Waals surface area contributed by atoms with Crippen LogP contribution in [-0.4, -0.2) is 35.3 Å². The molecule has 20 heavy (non-hydrogen) atoms. The number of nitrogens with zero attached hydrogens (tertiary/aromatic N) is 2. The molecule has 2 unspecified atom stereocenters. The van der Waals surface area contributed by atoms with E-state index < -0.39 is 0 Å². The number of nitrogens with one attached hydrogen (secondary N) is 1. The van der Waals surface area contributed by atoms with Gasteiger partial charge >= 0.3 is 0 Å². The van der Waals surface area contributed by atoms with Crippen molar-refractivity contribution < 1.29 is 4.74 Å². The summed E-state index contributed by atoms with van der Waals surface area (Å²) in [4.78, 5) is 10.0. The van der Waals surface area contributed by atoms with Crippen LogP contribution in [0.25, 0.3) is 11.0 Å². The van der Waals surface area contributed by atoms with Gasteiger partial charge in [0.1, 0.15) is 5.65 Å². The first-order valence-electron chi connectivity index (χ1n) is 7.47. The van der Waals surface area contributed by atoms with Gasteiger partial charge in [0.15, 0.2) is 0 Å². The zero-order valence-electron chi connectivity index (χ0n) is 13.1. The van der Waals surface area contributed by atoms with Crippen LogP contribution in [-0.2, 0) is 4.74 Å². The van der Waals surface area contributed by atoms with Gasteiger partial charge in [-0.15, -0.1) is 0 Å². The average molecular weight is 275 g/mol. The zero-order valence-corrected chi connectivity index (χ0v) is 13.1. The van der Waals surface area contributed by atoms with E-state index in [-0.39, 0.29) is 12.2 Å². The minimum atomic E-state index is 0.275. The van der Waals surface area contributed by atoms with E-state index in [1.807, 2.05) is 26.2 Å². The molecule has 1 fully saturated rings. The largest absolute Gasteiger partial charge is 0.372 e. The average Bonchev–Trinajstić information content (AvgIpc) is 2.81. The van der Waals surface area contributed by atoms with Crippen molar-refractivity contribution in [2.75, 3.05) is 18.0 Å². The lowest BCUT2D eigenvalue weighted by Gasteiger charge is -2.36. The standard InChI is InChI=1S/C14H19N3O.C2H6/c1-9-5-15-14-13(9)4-12(6-16-14)17-7-10(2)18-11(3)8-17;1-2/h4-6,10-11H,7-8H2,1-3H3,(H,15,16);1-2H3. The van der Waals surface area contributed by atoms with Gasteiger partial charge in [-0.3, -0.25) is 0 Å². The third kappa shape index (κ3) is 2.96. The van der Waals surface area contributed by atoms with Crippen molar-refractivity contribution in [2.24, 2.45) is 0 Å². The lowest BCUT2D eigenvalue weighted by molar-refractivity contribution is -0.00522. The Balaban J connectivity index is 0.000000704. The van der Waals surface area contributed by atoms with Crippen LogP contribution in [0, 0.1) is 6.92 Å². The number of aryl methyl sites for hydroxylation is 1. The molecule has 1 aliphatic rings. The number of hydrogen-bond donors (Lipinski definition) is 1. The summed E-state index contributed by atoms with van der Waals surface area (Å²) in [5.74, 6) is 0. The van der Waals surface area contributed by atoms with E-state index in [0.29, 0.717) is 0 Å². The maximum Gasteiger partial charge on any atom is 0.137 e. The normalized spacial score (nSPS) is 22.6. The molecule has 1 N–H and O–H groups in total. The molecule has 4 heteroatoms. The third-order valence-electron chi connectivity index (χ3n) is 3.51. The van der Waals surface area contributed by atoms with E-state index in [0.717, 1.165) is 18.7 Å². The number of aromatic nitrogens is 2. The molecule has 0 aromatic carbocycles. The highest BCUT2D eigenvalue weighted by Gasteiger charge is 2.22. The molecule has 2 aromatic heterocycles. The molecule has 4 nitrogen and oxygen atoms in total. The molecule has 0 spiro atoms. The van der Waals surface area contributed by atoms with Gasteiger partial charge in [0.2, 0.25) is 0 Å². The van der Waals surface area contributed by atoms with E-state index in [4.69, 9.17) is 4.74 Å². The van der Waals surface area contributed by atoms with Gasteiger partial charge in [-0.05, 0) is 32.4 Å². The number of aromatic amines is 1. The Hall–Kier alpha value is -1.55. The van der Waals surface area contributed by atoms with Crippen molar-refractivity contribution in [3.05, 3.63) is 24.0 Å². The minimum Gasteiger partial charge on any atom is -0.372 e. The Labute approximate surface area is 121 Å². The first-order chi connectivity index (χ1) is 9.63. The summed E-state index contributed by atoms with van der Waals surface area (Å²) in [5.41, 5.74) is 3.39. The second kappa shape index (κ2) is 6.27. The van der Waals surface area contributed by atoms with Gasteiger partial charge in [-0.25, -0.2) is 4.98 Å². The molecule has 0 saturated carbocycles. The second-order valence-corrected chi connectivity index (χ2v) is 5.22. The Morgan fingerprint density at radius 2 is 1.90 bits per heavy atom. The van der Waals surface area contributed by atoms with E-state index >= 15 is 0 Å². The number of anilines is 1. The van der Waals surface area contributed by atoms with Crippen LogP contribution in [0.1, 0.15) is 33.3 Å². The summed E-state index contributed by atoms with van der Waals surface area (Å²) in [7, 11) is 0. The summed E-state index contributed by atoms with van der Waals surface area (Å²) >= 11 is 0. The van der Waals surface area contributed by atoms with Crippen LogP contribution in [0.2, 0.25) is 0 Å². The van der Waals surface area contributed by atoms with Crippen molar-refractivity contribution in [1.82, 2.24) is 9.97 Å². The fourth-order valence-corrected chi connectivity index (χ4v) is 2.69. The van der Waals surface area contributed by atoms with E-state index in [2.05, 4.69) is 41.7 Å². The predicted octanol–water partition coefficient (Wildman–Crippen LogP) is 3.51. The minimum absolute atomic E-state index is 0.275. The van der Waals surface area contributed by atoms with E-state index in [1.165, 1.54) is 16.6 Å². The number of pyridine rings is 1. The van der Waals surface area contributed by atoms with E-state index in [9.17, 15) is 0 Å². The van der Waals surface area contributed by atoms with Crippen molar-refractivity contribution >= 4 is 16.7 Å². The number of ether oxygens (including phenoxy) is 1. The highest BCUT2D eigenvalue weighted by molar-refractivity contribution is 5.82. The maximum atomic E-state index is 5.77. The highest BCUT2D eigenvalue weighted by atomic mass is 16.5. The summed E-state index contributed by atoms with van der Waals surface area (Å²) in [6.45, 7) is 12.2. The number of fused-ring (bicyclic) bond motifs is 1. The lowest BCUT2D eigenvalue weighted by atomic mass is 10.2. The van der Waals surface area contributed by atoms with Crippen LogP contribution >= 0.6 is 0 Å². The van der Waals surface area contributed by atoms with Crippen LogP contribution in [0.4, 0.5) is 5.69 Å². The van der Waals surface area contributed by atoms with Crippen molar-refractivity contribution in [3.63, 3.8) is 0 Å². The van der Waals surface area contributed by atoms with Crippen LogP contribution in [0.5, 0.6) is 0 Å². The number of hydrogen-bond acceptors (Lipinski definition) is 3. The fraction of sp³-hybridized carbons (Fsp3) is 0.562. The Morgan fingerprint density at radius 3 is 2.55 bits per heavy atom. The van der Waals surface area contributed by atoms with Crippen molar-refractivity contribution in [1.29, 1.82) is 0 Å². The lowest BCUT2D eigenvalue weighted by Crippen LogP contribution is -2.45. The molecule has 3 heterocycles. The molecule has 110 valence electrons. The van der Waals surface area contributed by atoms with Gasteiger partial charge < -0.3 is 14.6 Å². The summed E-state index contributed by atoms with van der Waals surface area (Å²) in [5, 5.41) is 1.21. The topological polar surface area (TPSA) is 41.2 Å². The quantitative estimate of drug-likeness (QED) is 0.866. The van der Waals surface area contributed by atoms with Crippen molar-refractivity contribution in [2.45, 2.75) is 46.8 Å². The first kappa shape index (κ1) is 14.9. The monoisotopic (exact) mass is 275 g/mol. The molecule has 2 aromatic rings. The van der Waals surface area contributed by atoms with Gasteiger partial charge in [0.05, 0.1) is 24.1 Å². The number of rotatable bonds is 1. The molecule has 1 saturated heterocycles. The van der Waals surface area contributed by atoms with Gasteiger partial charge in [-0.2, -0.15) is 0 Å². The third-order valence-corrected chi connectivity index (χ3v) is 3.51. The Kier molecular flexibility index (Phi) is 4.65. The predicted molar refractivity (Wildman–Crippen MR) is 84.4 cm³/mol. The molecule has 2 atom stereocenters. The van der Waals surface area contributed by atoms with Gasteiger partial charge in [0.25, 0.3) is 0 Å². The Bertz CT molecular complexity index is 554. The second-order valence-electron chi connectivity index (χ2n) is 5.22. The SMILES string of the molecule is CC.Cc1c[nH]c2ncc(N3CC(C)OC(C)C3)cc12. The fourth-order valence-electron chi connectivity index (χ4n) is 2.69. The molecule has 3 rings (SSSR count). The smallest absolute Gasteiger partial charge is 0.137 e. The van der Waals surface area contributed by atoms with Crippen LogP contribution < -0.4 is 4.90 Å². The number of H-pyrrole nitrogens is 1. The number of morpholine rings is 1. The summed E-state index contributed by atoms with van der Waals surface area (Å²) < 4.78 is 5.77. The van der Waals surface area contributed by atoms with Gasteiger partial charge in [-0.1, -0.05) is 13.8 Å². The molecule has 0 radical (unpaired) electrons. The van der Waals surface area contributed by atoms with Crippen LogP contribution in [0.3, 0.4) is 0 Å². The maximum absolute atomic E-state index is 5.77. The Morgan fingerprint density at radius 1 is 1.25 bits per heavy atom.